The fourth-order valence-electron chi connectivity index (χ4n) is 14.4. The first-order valence-electron chi connectivity index (χ1n) is 29.5. The number of hydrogen-bond acceptors (Lipinski definition) is 6. The molecule has 4 aliphatic heterocycles. The molecule has 0 bridgehead atoms. The second-order valence-corrected chi connectivity index (χ2v) is 23.7. The lowest BCUT2D eigenvalue weighted by Crippen LogP contribution is -2.63. The van der Waals surface area contributed by atoms with Crippen molar-refractivity contribution in [1.29, 1.82) is 0 Å². The maximum Gasteiger partial charge on any atom is 0.256 e. The van der Waals surface area contributed by atoms with E-state index < -0.39 is 0 Å². The highest BCUT2D eigenvalue weighted by atomic mass is 32.2. The van der Waals surface area contributed by atoms with Crippen LogP contribution in [0.25, 0.3) is 55.3 Å². The summed E-state index contributed by atoms with van der Waals surface area (Å²) < 4.78 is 15.5. The number of para-hydroxylation sites is 7. The van der Waals surface area contributed by atoms with E-state index >= 15 is 0 Å². The van der Waals surface area contributed by atoms with E-state index in [2.05, 4.69) is 312 Å². The van der Waals surface area contributed by atoms with Crippen LogP contribution >= 0.6 is 11.8 Å². The van der Waals surface area contributed by atoms with Crippen molar-refractivity contribution in [1.82, 2.24) is 0 Å². The Hall–Kier alpha value is -10.7. The average Bonchev–Trinajstić information content (AvgIpc) is 1.15. The monoisotopic (exact) mass is 1110 g/mol. The topological polar surface area (TPSA) is 32.1 Å². The molecule has 0 aliphatic carbocycles. The van der Waals surface area contributed by atoms with E-state index in [9.17, 15) is 0 Å². The number of anilines is 9. The van der Waals surface area contributed by atoms with Gasteiger partial charge in [0.1, 0.15) is 22.7 Å². The van der Waals surface area contributed by atoms with Crippen molar-refractivity contribution < 1.29 is 9.15 Å². The zero-order valence-electron chi connectivity index (χ0n) is 46.5. The van der Waals surface area contributed by atoms with Crippen molar-refractivity contribution >= 4 is 131 Å². The number of fused-ring (bicyclic) bond motifs is 12. The third-order valence-electron chi connectivity index (χ3n) is 17.9. The molecule has 13 aromatic carbocycles. The van der Waals surface area contributed by atoms with Crippen LogP contribution in [0.3, 0.4) is 0 Å². The molecule has 86 heavy (non-hydrogen) atoms. The van der Waals surface area contributed by atoms with E-state index in [0.29, 0.717) is 0 Å². The molecule has 0 spiro atoms. The van der Waals surface area contributed by atoms with Crippen molar-refractivity contribution in [2.75, 3.05) is 14.7 Å². The number of hydrogen-bond donors (Lipinski definition) is 0. The molecule has 0 radical (unpaired) electrons. The zero-order chi connectivity index (χ0) is 56.4. The van der Waals surface area contributed by atoms with E-state index in [1.54, 1.807) is 0 Å². The number of rotatable bonds is 8. The van der Waals surface area contributed by atoms with E-state index in [4.69, 9.17) is 9.15 Å². The summed E-state index contributed by atoms with van der Waals surface area (Å²) in [6.45, 7) is -0.347. The number of nitrogens with zero attached hydrogens (tertiary/aromatic N) is 3. The van der Waals surface area contributed by atoms with Gasteiger partial charge >= 0.3 is 0 Å². The lowest BCUT2D eigenvalue weighted by atomic mass is 9.31. The Bertz CT molecular complexity index is 4930. The average molecular weight is 1110 g/mol. The molecule has 14 aromatic rings. The first-order valence-corrected chi connectivity index (χ1v) is 30.3. The second kappa shape index (κ2) is 19.5. The van der Waals surface area contributed by atoms with E-state index in [0.717, 1.165) is 134 Å². The smallest absolute Gasteiger partial charge is 0.256 e. The molecule has 0 amide bonds. The van der Waals surface area contributed by atoms with Crippen molar-refractivity contribution in [3.63, 3.8) is 0 Å². The standard InChI is InChI=1S/C78H49B2N3O2S/c1-7-26-50(27-8-1)57-39-25-40-58(51-28-9-2-10-29-51)71(57)73-77-72(59-38-19-24-45-67(59)84-77)76-75-78(73)85-68-49-69-63(48-62(68)79(75)61-42-21-23-44-65(61)83(76)55-36-17-6-18-37-55)80-60-41-20-22-43-64(60)82(54-34-15-5-16-35-54)66-46-56(47-70(86-69)74(66)80)81(52-30-11-3-12-31-52)53-32-13-4-14-33-53/h1-49H. The Kier molecular flexibility index (Phi) is 11.0. The molecule has 18 rings (SSSR count). The molecule has 400 valence electrons. The van der Waals surface area contributed by atoms with Gasteiger partial charge in [-0.05, 0) is 134 Å². The van der Waals surface area contributed by atoms with Crippen LogP contribution in [0.15, 0.2) is 311 Å². The van der Waals surface area contributed by atoms with Crippen molar-refractivity contribution in [2.24, 2.45) is 0 Å². The Morgan fingerprint density at radius 2 is 0.895 bits per heavy atom. The summed E-state index contributed by atoms with van der Waals surface area (Å²) >= 11 is 1.85. The summed E-state index contributed by atoms with van der Waals surface area (Å²) in [5.74, 6) is 1.64. The van der Waals surface area contributed by atoms with Gasteiger partial charge in [0.2, 0.25) is 6.71 Å². The highest BCUT2D eigenvalue weighted by Crippen LogP contribution is 2.56. The first-order chi connectivity index (χ1) is 42.7. The van der Waals surface area contributed by atoms with Crippen LogP contribution in [0.4, 0.5) is 51.2 Å². The minimum atomic E-state index is -0.246. The van der Waals surface area contributed by atoms with Crippen LogP contribution in [-0.4, -0.2) is 13.4 Å². The molecule has 0 fully saturated rings. The van der Waals surface area contributed by atoms with Crippen LogP contribution in [-0.2, 0) is 0 Å². The quantitative estimate of drug-likeness (QED) is 0.141. The normalized spacial score (nSPS) is 13.1. The summed E-state index contributed by atoms with van der Waals surface area (Å²) in [6.07, 6.45) is 0. The Balaban J connectivity index is 0.947. The van der Waals surface area contributed by atoms with Crippen LogP contribution in [0, 0.1) is 0 Å². The molecule has 8 heteroatoms. The minimum Gasteiger partial charge on any atom is -0.458 e. The van der Waals surface area contributed by atoms with Crippen LogP contribution in [0.5, 0.6) is 11.5 Å². The fraction of sp³-hybridized carbons (Fsp3) is 0. The van der Waals surface area contributed by atoms with Crippen LogP contribution < -0.4 is 52.2 Å². The van der Waals surface area contributed by atoms with Gasteiger partial charge in [0.05, 0.1) is 16.6 Å². The summed E-state index contributed by atoms with van der Waals surface area (Å²) in [7, 11) is 0. The van der Waals surface area contributed by atoms with Crippen molar-refractivity contribution in [2.45, 2.75) is 9.79 Å². The molecule has 0 unspecified atom stereocenters. The highest BCUT2D eigenvalue weighted by molar-refractivity contribution is 8.00. The second-order valence-electron chi connectivity index (χ2n) is 22.6. The molecule has 1 aromatic heterocycles. The predicted molar refractivity (Wildman–Crippen MR) is 360 cm³/mol. The molecule has 4 aliphatic rings. The van der Waals surface area contributed by atoms with E-state index in [1.165, 1.54) is 26.7 Å². The highest BCUT2D eigenvalue weighted by Gasteiger charge is 2.48. The number of benzene rings is 13. The SMILES string of the molecule is c1ccc(-c2cccc(-c3ccccc3)c2-c2c3c4c(c5c2oc2ccccc25)N(c2ccccc2)c2ccccc2B4c2cc4c(cc2O3)Sc2cc(N(c3ccccc3)c3ccccc3)cc3c2B4c2ccccc2N3c2ccccc2)cc1. The van der Waals surface area contributed by atoms with E-state index in [-0.39, 0.29) is 13.4 Å². The zero-order valence-corrected chi connectivity index (χ0v) is 47.3. The Morgan fingerprint density at radius 3 is 1.52 bits per heavy atom. The van der Waals surface area contributed by atoms with Gasteiger partial charge in [-0.1, -0.05) is 230 Å². The van der Waals surface area contributed by atoms with Crippen molar-refractivity contribution in [3.05, 3.63) is 297 Å². The minimum absolute atomic E-state index is 0.101. The summed E-state index contributed by atoms with van der Waals surface area (Å²) in [4.78, 5) is 9.74. The number of ether oxygens (including phenoxy) is 1. The Morgan fingerprint density at radius 1 is 0.372 bits per heavy atom. The third kappa shape index (κ3) is 7.36. The van der Waals surface area contributed by atoms with Crippen LogP contribution in [0.1, 0.15) is 0 Å². The lowest BCUT2D eigenvalue weighted by molar-refractivity contribution is 0.487. The largest absolute Gasteiger partial charge is 0.458 e. The Labute approximate surface area is 503 Å². The van der Waals surface area contributed by atoms with Gasteiger partial charge in [0.25, 0.3) is 6.71 Å². The van der Waals surface area contributed by atoms with Crippen molar-refractivity contribution in [3.8, 4) is 44.9 Å². The summed E-state index contributed by atoms with van der Waals surface area (Å²) in [5.41, 5.74) is 25.2. The molecule has 0 atom stereocenters. The number of furan rings is 1. The molecule has 0 N–H and O–H groups in total. The third-order valence-corrected chi connectivity index (χ3v) is 19.0. The first kappa shape index (κ1) is 48.8. The molecular formula is C78H49B2N3O2S. The van der Waals surface area contributed by atoms with Gasteiger partial charge in [0, 0.05) is 66.2 Å². The van der Waals surface area contributed by atoms with Gasteiger partial charge in [-0.3, -0.25) is 0 Å². The van der Waals surface area contributed by atoms with E-state index in [1.807, 2.05) is 11.8 Å². The van der Waals surface area contributed by atoms with Gasteiger partial charge in [-0.25, -0.2) is 0 Å². The van der Waals surface area contributed by atoms with Gasteiger partial charge in [-0.15, -0.1) is 0 Å². The molecular weight excluding hydrogens is 1060 g/mol. The van der Waals surface area contributed by atoms with Crippen LogP contribution in [0.2, 0.25) is 0 Å². The molecule has 0 saturated heterocycles. The summed E-state index contributed by atoms with van der Waals surface area (Å²) in [5, 5.41) is 2.10. The maximum absolute atomic E-state index is 8.06. The lowest BCUT2D eigenvalue weighted by Gasteiger charge is -2.43. The molecule has 0 saturated carbocycles. The van der Waals surface area contributed by atoms with Gasteiger partial charge in [-0.2, -0.15) is 0 Å². The summed E-state index contributed by atoms with van der Waals surface area (Å²) in [6, 6.07) is 108. The molecule has 5 heterocycles. The predicted octanol–water partition coefficient (Wildman–Crippen LogP) is 17.2. The fourth-order valence-corrected chi connectivity index (χ4v) is 15.6. The van der Waals surface area contributed by atoms with Gasteiger partial charge in [0.15, 0.2) is 0 Å². The van der Waals surface area contributed by atoms with Gasteiger partial charge < -0.3 is 23.9 Å². The maximum atomic E-state index is 8.06. The molecule has 5 nitrogen and oxygen atoms in total.